The van der Waals surface area contributed by atoms with E-state index in [1.165, 1.54) is 0 Å². The van der Waals surface area contributed by atoms with Crippen molar-refractivity contribution < 1.29 is 33.4 Å². The number of hydrogen-bond donors (Lipinski definition) is 6. The minimum atomic E-state index is -2.95. The van der Waals surface area contributed by atoms with Crippen LogP contribution in [-0.2, 0) is 0 Å². The first kappa shape index (κ1) is 8.36. The molecule has 5 atom stereocenters. The molecule has 6 nitrogen and oxygen atoms in total. The van der Waals surface area contributed by atoms with Crippen LogP contribution in [0.3, 0.4) is 0 Å². The smallest absolute Gasteiger partial charge is 0.111 e. The molecule has 74 valence electrons. The molecule has 0 fully saturated rings. The van der Waals surface area contributed by atoms with Crippen molar-refractivity contribution in [1.29, 1.82) is 0 Å². The van der Waals surface area contributed by atoms with Crippen LogP contribution in [0.1, 0.15) is 2.74 Å². The lowest BCUT2D eigenvalue weighted by atomic mass is 10.0. The Morgan fingerprint density at radius 2 is 1.58 bits per heavy atom. The van der Waals surface area contributed by atoms with Gasteiger partial charge in [-0.05, 0) is 0 Å². The Balaban J connectivity index is 4.56. The van der Waals surface area contributed by atoms with E-state index in [9.17, 15) is 0 Å². The highest BCUT2D eigenvalue weighted by Gasteiger charge is 2.29. The quantitative estimate of drug-likeness (QED) is 0.263. The van der Waals surface area contributed by atoms with Crippen LogP contribution in [0, 0.1) is 0 Å². The van der Waals surface area contributed by atoms with Gasteiger partial charge in [0.15, 0.2) is 0 Å². The van der Waals surface area contributed by atoms with Gasteiger partial charge in [-0.1, -0.05) is 0 Å². The van der Waals surface area contributed by atoms with E-state index in [1.54, 1.807) is 0 Å². The van der Waals surface area contributed by atoms with E-state index >= 15 is 0 Å². The molecule has 0 rings (SSSR count). The highest BCUT2D eigenvalue weighted by Crippen LogP contribution is 2.03. The first-order valence-electron chi connectivity index (χ1n) is 4.30. The molecule has 0 radical (unpaired) electrons. The van der Waals surface area contributed by atoms with E-state index in [-0.39, 0.29) is 0 Å². The van der Waals surface area contributed by atoms with Crippen molar-refractivity contribution in [2.75, 3.05) is 13.2 Å². The summed E-state index contributed by atoms with van der Waals surface area (Å²) in [7, 11) is 0. The Hall–Kier alpha value is -0.240. The van der Waals surface area contributed by atoms with Gasteiger partial charge in [-0.15, -0.1) is 0 Å². The van der Waals surface area contributed by atoms with Gasteiger partial charge in [0.1, 0.15) is 24.4 Å². The molecule has 0 aliphatic carbocycles. The number of rotatable bonds is 5. The second-order valence-electron chi connectivity index (χ2n) is 2.21. The predicted molar refractivity (Wildman–Crippen MR) is 38.2 cm³/mol. The first-order valence-corrected chi connectivity index (χ1v) is 3.22. The van der Waals surface area contributed by atoms with Crippen molar-refractivity contribution in [1.82, 2.24) is 0 Å². The molecule has 0 aromatic rings. The van der Waals surface area contributed by atoms with Crippen molar-refractivity contribution in [3.8, 4) is 0 Å². The maximum absolute atomic E-state index is 9.12. The Bertz CT molecular complexity index is 176. The van der Waals surface area contributed by atoms with E-state index in [2.05, 4.69) is 0 Å². The summed E-state index contributed by atoms with van der Waals surface area (Å²) in [6.07, 6.45) is -9.34. The molecule has 0 aromatic heterocycles. The van der Waals surface area contributed by atoms with Crippen LogP contribution in [0.4, 0.5) is 0 Å². The summed E-state index contributed by atoms with van der Waals surface area (Å²) in [6.45, 7) is -3.12. The van der Waals surface area contributed by atoms with E-state index < -0.39 is 37.6 Å². The fraction of sp³-hybridized carbons (Fsp3) is 1.00. The molecule has 0 heterocycles. The Morgan fingerprint density at radius 1 is 1.08 bits per heavy atom. The van der Waals surface area contributed by atoms with Crippen LogP contribution in [0.25, 0.3) is 0 Å². The van der Waals surface area contributed by atoms with Gasteiger partial charge in [0.2, 0.25) is 0 Å². The van der Waals surface area contributed by atoms with Gasteiger partial charge in [-0.3, -0.25) is 0 Å². The Labute approximate surface area is 72.1 Å². The minimum absolute atomic E-state index is 1.00. The largest absolute Gasteiger partial charge is 0.394 e. The third-order valence-electron chi connectivity index (χ3n) is 1.29. The lowest BCUT2D eigenvalue weighted by molar-refractivity contribution is -0.123. The zero-order valence-electron chi connectivity index (χ0n) is 8.20. The van der Waals surface area contributed by atoms with Crippen molar-refractivity contribution in [3.05, 3.63) is 0 Å². The van der Waals surface area contributed by atoms with Crippen molar-refractivity contribution in [3.63, 3.8) is 0 Å². The SMILES string of the molecule is [2H]C(O)[C@@H](O)[C@@H](O)[C@]([2H])(O)[C@H](O)CO. The Morgan fingerprint density at radius 3 is 1.92 bits per heavy atom. The molecule has 0 saturated carbocycles. The molecule has 0 aliphatic rings. The lowest BCUT2D eigenvalue weighted by Crippen LogP contribution is -2.46. The average Bonchev–Trinajstić information content (AvgIpc) is 2.13. The van der Waals surface area contributed by atoms with E-state index in [4.69, 9.17) is 33.4 Å². The van der Waals surface area contributed by atoms with E-state index in [0.29, 0.717) is 0 Å². The van der Waals surface area contributed by atoms with Crippen LogP contribution in [0.2, 0.25) is 0 Å². The van der Waals surface area contributed by atoms with Crippen molar-refractivity contribution >= 4 is 0 Å². The van der Waals surface area contributed by atoms with Gasteiger partial charge < -0.3 is 30.6 Å². The van der Waals surface area contributed by atoms with Crippen LogP contribution < -0.4 is 0 Å². The second kappa shape index (κ2) is 5.41. The molecule has 0 saturated heterocycles. The van der Waals surface area contributed by atoms with E-state index in [1.807, 2.05) is 0 Å². The zero-order chi connectivity index (χ0) is 11.5. The monoisotopic (exact) mass is 184 g/mol. The first-order chi connectivity index (χ1) is 6.25. The molecule has 0 aliphatic heterocycles. The van der Waals surface area contributed by atoms with Gasteiger partial charge in [-0.25, -0.2) is 0 Å². The maximum atomic E-state index is 9.12. The van der Waals surface area contributed by atoms with Crippen LogP contribution in [-0.4, -0.2) is 68.2 Å². The summed E-state index contributed by atoms with van der Waals surface area (Å²) in [5, 5.41) is 52.9. The number of aliphatic hydroxyl groups excluding tert-OH is 5. The highest BCUT2D eigenvalue weighted by molar-refractivity contribution is 4.79. The van der Waals surface area contributed by atoms with Gasteiger partial charge in [-0.2, -0.15) is 0 Å². The molecule has 0 bridgehead atoms. The molecule has 0 spiro atoms. The standard InChI is InChI=1S/C6H14O6/c7-1-3(9)5(11)6(12)4(10)2-8/h3-12H,1-2H2/t3-,4-,5-,6-/m1/s1/i1D,6D/t1?,3-,4-,5-,6-. The summed E-state index contributed by atoms with van der Waals surface area (Å²) in [4.78, 5) is 0. The van der Waals surface area contributed by atoms with Crippen molar-refractivity contribution in [2.24, 2.45) is 0 Å². The molecule has 6 N–H and O–H groups in total. The van der Waals surface area contributed by atoms with Gasteiger partial charge in [0, 0.05) is 0 Å². The number of aliphatic hydroxyl groups is 6. The fourth-order valence-corrected chi connectivity index (χ4v) is 0.547. The molecular weight excluding hydrogens is 168 g/mol. The van der Waals surface area contributed by atoms with Gasteiger partial charge >= 0.3 is 0 Å². The second-order valence-corrected chi connectivity index (χ2v) is 2.21. The summed E-state index contributed by atoms with van der Waals surface area (Å²) < 4.78 is 13.6. The number of hydrogen-bond acceptors (Lipinski definition) is 6. The molecule has 0 aromatic carbocycles. The third kappa shape index (κ3) is 3.02. The van der Waals surface area contributed by atoms with Crippen LogP contribution in [0.5, 0.6) is 0 Å². The highest BCUT2D eigenvalue weighted by atomic mass is 16.4. The summed E-state index contributed by atoms with van der Waals surface area (Å²) in [6, 6.07) is 0. The molecule has 0 amide bonds. The molecule has 1 unspecified atom stereocenters. The lowest BCUT2D eigenvalue weighted by Gasteiger charge is -2.24. The Kier molecular flexibility index (Phi) is 3.77. The molecular formula is C6H14O6. The average molecular weight is 184 g/mol. The fourth-order valence-electron chi connectivity index (χ4n) is 0.547. The van der Waals surface area contributed by atoms with Crippen LogP contribution in [0.15, 0.2) is 0 Å². The van der Waals surface area contributed by atoms with Crippen LogP contribution >= 0.6 is 0 Å². The summed E-state index contributed by atoms with van der Waals surface area (Å²) >= 11 is 0. The summed E-state index contributed by atoms with van der Waals surface area (Å²) in [5.74, 6) is 0. The van der Waals surface area contributed by atoms with Gasteiger partial charge in [0.25, 0.3) is 0 Å². The topological polar surface area (TPSA) is 121 Å². The predicted octanol–water partition coefficient (Wildman–Crippen LogP) is -3.59. The molecule has 12 heavy (non-hydrogen) atoms. The van der Waals surface area contributed by atoms with E-state index in [0.717, 1.165) is 0 Å². The summed E-state index contributed by atoms with van der Waals surface area (Å²) in [5.41, 5.74) is 0. The molecule has 6 heteroatoms. The third-order valence-corrected chi connectivity index (χ3v) is 1.29. The normalized spacial score (nSPS) is 29.2. The van der Waals surface area contributed by atoms with Crippen molar-refractivity contribution in [2.45, 2.75) is 24.4 Å². The van der Waals surface area contributed by atoms with Gasteiger partial charge in [0.05, 0.1) is 15.9 Å². The maximum Gasteiger partial charge on any atom is 0.111 e. The zero-order valence-corrected chi connectivity index (χ0v) is 6.20. The minimum Gasteiger partial charge on any atom is -0.394 e.